The van der Waals surface area contributed by atoms with Crippen LogP contribution in [0.1, 0.15) is 24.2 Å². The summed E-state index contributed by atoms with van der Waals surface area (Å²) >= 11 is 0. The second kappa shape index (κ2) is 10.4. The highest BCUT2D eigenvalue weighted by Gasteiger charge is 2.16. The van der Waals surface area contributed by atoms with Crippen LogP contribution in [0, 0.1) is 0 Å². The van der Waals surface area contributed by atoms with Crippen molar-refractivity contribution in [2.24, 2.45) is 0 Å². The quantitative estimate of drug-likeness (QED) is 0.701. The van der Waals surface area contributed by atoms with Gasteiger partial charge in [0.05, 0.1) is 19.8 Å². The van der Waals surface area contributed by atoms with Gasteiger partial charge in [-0.25, -0.2) is 0 Å². The summed E-state index contributed by atoms with van der Waals surface area (Å²) in [6, 6.07) is 12.5. The van der Waals surface area contributed by atoms with Gasteiger partial charge < -0.3 is 24.6 Å². The van der Waals surface area contributed by atoms with E-state index >= 15 is 0 Å². The van der Waals surface area contributed by atoms with Crippen molar-refractivity contribution in [3.05, 3.63) is 48.0 Å². The Labute approximate surface area is 172 Å². The fraction of sp³-hybridized carbons (Fsp3) is 0.364. The van der Waals surface area contributed by atoms with Crippen molar-refractivity contribution >= 4 is 23.2 Å². The summed E-state index contributed by atoms with van der Waals surface area (Å²) in [5.74, 6) is 0.680. The van der Waals surface area contributed by atoms with Gasteiger partial charge >= 0.3 is 0 Å². The lowest BCUT2D eigenvalue weighted by Gasteiger charge is -2.19. The van der Waals surface area contributed by atoms with E-state index < -0.39 is 0 Å². The third-order valence-electron chi connectivity index (χ3n) is 4.16. The maximum atomic E-state index is 12.7. The molecule has 2 aromatic rings. The first-order chi connectivity index (χ1) is 13.8. The van der Waals surface area contributed by atoms with Crippen LogP contribution in [0.3, 0.4) is 0 Å². The topological polar surface area (TPSA) is 71.1 Å². The summed E-state index contributed by atoms with van der Waals surface area (Å²) in [4.78, 5) is 28.4. The zero-order valence-corrected chi connectivity index (χ0v) is 17.7. The Kier molecular flexibility index (Phi) is 7.88. The van der Waals surface area contributed by atoms with Crippen molar-refractivity contribution in [2.75, 3.05) is 51.1 Å². The highest BCUT2D eigenvalue weighted by molar-refractivity contribution is 5.99. The third-order valence-corrected chi connectivity index (χ3v) is 4.16. The Hall–Kier alpha value is -3.22. The Morgan fingerprint density at radius 1 is 0.931 bits per heavy atom. The summed E-state index contributed by atoms with van der Waals surface area (Å²) in [7, 11) is 5.43. The zero-order chi connectivity index (χ0) is 21.4. The molecule has 0 radical (unpaired) electrons. The van der Waals surface area contributed by atoms with Crippen molar-refractivity contribution in [3.63, 3.8) is 0 Å². The van der Waals surface area contributed by atoms with Crippen LogP contribution in [0.4, 0.5) is 11.4 Å². The molecule has 0 saturated heterocycles. The maximum Gasteiger partial charge on any atom is 0.254 e. The molecule has 0 spiro atoms. The Bertz CT molecular complexity index is 852. The number of carbonyl (C=O) groups excluding carboxylic acids is 2. The van der Waals surface area contributed by atoms with Gasteiger partial charge in [0.1, 0.15) is 0 Å². The van der Waals surface area contributed by atoms with E-state index in [1.807, 2.05) is 45.0 Å². The van der Waals surface area contributed by atoms with Gasteiger partial charge in [-0.15, -0.1) is 0 Å². The molecule has 0 aliphatic heterocycles. The van der Waals surface area contributed by atoms with Gasteiger partial charge in [-0.1, -0.05) is 6.07 Å². The van der Waals surface area contributed by atoms with E-state index in [-0.39, 0.29) is 18.4 Å². The van der Waals surface area contributed by atoms with Crippen LogP contribution in [-0.4, -0.2) is 57.6 Å². The first-order valence-corrected chi connectivity index (χ1v) is 9.58. The van der Waals surface area contributed by atoms with Gasteiger partial charge in [0.15, 0.2) is 11.5 Å². The Morgan fingerprint density at radius 3 is 2.28 bits per heavy atom. The van der Waals surface area contributed by atoms with Crippen molar-refractivity contribution in [2.45, 2.75) is 13.8 Å². The lowest BCUT2D eigenvalue weighted by Crippen LogP contribution is -2.35. The SMILES string of the molecule is CCOc1ccc(NC(=O)CN(C)C(=O)c2cccc(N(C)C)c2)cc1OCC. The fourth-order valence-electron chi connectivity index (χ4n) is 2.75. The number of ether oxygens (including phenoxy) is 2. The van der Waals surface area contributed by atoms with E-state index in [9.17, 15) is 9.59 Å². The number of hydrogen-bond donors (Lipinski definition) is 1. The van der Waals surface area contributed by atoms with Crippen LogP contribution >= 0.6 is 0 Å². The minimum atomic E-state index is -0.295. The number of likely N-dealkylation sites (N-methyl/N-ethyl adjacent to an activating group) is 1. The van der Waals surface area contributed by atoms with Gasteiger partial charge in [-0.05, 0) is 44.2 Å². The maximum absolute atomic E-state index is 12.7. The number of benzene rings is 2. The first-order valence-electron chi connectivity index (χ1n) is 9.58. The van der Waals surface area contributed by atoms with E-state index in [1.165, 1.54) is 4.90 Å². The number of hydrogen-bond acceptors (Lipinski definition) is 5. The highest BCUT2D eigenvalue weighted by atomic mass is 16.5. The van der Waals surface area contributed by atoms with E-state index in [0.29, 0.717) is 36.0 Å². The molecule has 0 aliphatic rings. The smallest absolute Gasteiger partial charge is 0.254 e. The largest absolute Gasteiger partial charge is 0.490 e. The van der Waals surface area contributed by atoms with Crippen molar-refractivity contribution in [1.82, 2.24) is 4.90 Å². The normalized spacial score (nSPS) is 10.2. The highest BCUT2D eigenvalue weighted by Crippen LogP contribution is 2.30. The molecule has 0 atom stereocenters. The molecule has 156 valence electrons. The minimum absolute atomic E-state index is 0.0673. The molecular formula is C22H29N3O4. The van der Waals surface area contributed by atoms with Crippen molar-refractivity contribution in [3.8, 4) is 11.5 Å². The molecule has 2 aromatic carbocycles. The second-order valence-electron chi connectivity index (χ2n) is 6.68. The monoisotopic (exact) mass is 399 g/mol. The standard InChI is InChI=1S/C22H29N3O4/c1-6-28-19-12-11-17(14-20(19)29-7-2)23-21(26)15-25(5)22(27)16-9-8-10-18(13-16)24(3)4/h8-14H,6-7,15H2,1-5H3,(H,23,26). The number of rotatable bonds is 9. The molecule has 0 aliphatic carbocycles. The van der Waals surface area contributed by atoms with E-state index in [4.69, 9.17) is 9.47 Å². The summed E-state index contributed by atoms with van der Waals surface area (Å²) in [5, 5.41) is 2.80. The van der Waals surface area contributed by atoms with Gasteiger partial charge in [-0.2, -0.15) is 0 Å². The minimum Gasteiger partial charge on any atom is -0.490 e. The van der Waals surface area contributed by atoms with Crippen LogP contribution in [0.25, 0.3) is 0 Å². The number of carbonyl (C=O) groups is 2. The lowest BCUT2D eigenvalue weighted by atomic mass is 10.1. The lowest BCUT2D eigenvalue weighted by molar-refractivity contribution is -0.116. The second-order valence-corrected chi connectivity index (χ2v) is 6.68. The molecule has 7 nitrogen and oxygen atoms in total. The molecule has 1 N–H and O–H groups in total. The summed E-state index contributed by atoms with van der Waals surface area (Å²) < 4.78 is 11.1. The van der Waals surface area contributed by atoms with Crippen LogP contribution in [0.5, 0.6) is 11.5 Å². The molecule has 2 amide bonds. The number of nitrogens with zero attached hydrogens (tertiary/aromatic N) is 2. The average molecular weight is 399 g/mol. The number of amides is 2. The van der Waals surface area contributed by atoms with E-state index in [0.717, 1.165) is 5.69 Å². The molecule has 0 fully saturated rings. The van der Waals surface area contributed by atoms with E-state index in [2.05, 4.69) is 5.32 Å². The Balaban J connectivity index is 2.03. The van der Waals surface area contributed by atoms with Gasteiger partial charge in [0.25, 0.3) is 5.91 Å². The number of anilines is 2. The molecule has 2 rings (SSSR count). The molecule has 0 aromatic heterocycles. The fourth-order valence-corrected chi connectivity index (χ4v) is 2.75. The Morgan fingerprint density at radius 2 is 1.62 bits per heavy atom. The van der Waals surface area contributed by atoms with Crippen molar-refractivity contribution in [1.29, 1.82) is 0 Å². The number of nitrogens with one attached hydrogen (secondary N) is 1. The molecule has 0 heterocycles. The van der Waals surface area contributed by atoms with Gasteiger partial charge in [-0.3, -0.25) is 9.59 Å². The average Bonchev–Trinajstić information content (AvgIpc) is 2.69. The third kappa shape index (κ3) is 6.14. The predicted molar refractivity (Wildman–Crippen MR) is 115 cm³/mol. The van der Waals surface area contributed by atoms with Crippen LogP contribution in [0.2, 0.25) is 0 Å². The zero-order valence-electron chi connectivity index (χ0n) is 17.7. The van der Waals surface area contributed by atoms with Crippen molar-refractivity contribution < 1.29 is 19.1 Å². The molecule has 7 heteroatoms. The molecule has 0 bridgehead atoms. The van der Waals surface area contributed by atoms with Crippen LogP contribution in [0.15, 0.2) is 42.5 Å². The molecule has 29 heavy (non-hydrogen) atoms. The molecule has 0 saturated carbocycles. The summed E-state index contributed by atoms with van der Waals surface area (Å²) in [6.45, 7) is 4.72. The van der Waals surface area contributed by atoms with Gasteiger partial charge in [0.2, 0.25) is 5.91 Å². The van der Waals surface area contributed by atoms with Gasteiger partial charge in [0, 0.05) is 44.1 Å². The summed E-state index contributed by atoms with van der Waals surface area (Å²) in [5.41, 5.74) is 2.04. The molecule has 0 unspecified atom stereocenters. The van der Waals surface area contributed by atoms with Crippen LogP contribution < -0.4 is 19.7 Å². The first kappa shape index (κ1) is 22.1. The van der Waals surface area contributed by atoms with E-state index in [1.54, 1.807) is 37.4 Å². The molecular weight excluding hydrogens is 370 g/mol. The summed E-state index contributed by atoms with van der Waals surface area (Å²) in [6.07, 6.45) is 0. The predicted octanol–water partition coefficient (Wildman–Crippen LogP) is 3.26. The van der Waals surface area contributed by atoms with Crippen LogP contribution in [-0.2, 0) is 4.79 Å².